The molecule has 4 heteroatoms. The summed E-state index contributed by atoms with van der Waals surface area (Å²) in [7, 11) is 0. The minimum Gasteiger partial charge on any atom is -0.302 e. The topological polar surface area (TPSA) is 42.0 Å². The van der Waals surface area contributed by atoms with E-state index >= 15 is 0 Å². The highest BCUT2D eigenvalue weighted by Gasteiger charge is 2.10. The SMILES string of the molecule is Cc1nc(NC(=O)C(C)C)sc1C. The Morgan fingerprint density at radius 1 is 1.46 bits per heavy atom. The van der Waals surface area contributed by atoms with Crippen molar-refractivity contribution >= 4 is 22.4 Å². The van der Waals surface area contributed by atoms with Gasteiger partial charge in [-0.05, 0) is 13.8 Å². The minimum atomic E-state index is 0.00418. The zero-order valence-corrected chi connectivity index (χ0v) is 9.16. The Balaban J connectivity index is 2.70. The average molecular weight is 198 g/mol. The standard InChI is InChI=1S/C9H14N2OS/c1-5(2)8(12)11-9-10-6(3)7(4)13-9/h5H,1-4H3,(H,10,11,12). The van der Waals surface area contributed by atoms with Gasteiger partial charge in [0.25, 0.3) is 0 Å². The van der Waals surface area contributed by atoms with Crippen LogP contribution in [0.25, 0.3) is 0 Å². The molecule has 1 N–H and O–H groups in total. The summed E-state index contributed by atoms with van der Waals surface area (Å²) >= 11 is 1.52. The van der Waals surface area contributed by atoms with E-state index < -0.39 is 0 Å². The van der Waals surface area contributed by atoms with Gasteiger partial charge in [0, 0.05) is 10.8 Å². The highest BCUT2D eigenvalue weighted by Crippen LogP contribution is 2.21. The molecule has 0 aliphatic carbocycles. The van der Waals surface area contributed by atoms with Crippen LogP contribution in [-0.4, -0.2) is 10.9 Å². The first-order chi connectivity index (χ1) is 6.00. The van der Waals surface area contributed by atoms with Gasteiger partial charge < -0.3 is 5.32 Å². The van der Waals surface area contributed by atoms with Crippen molar-refractivity contribution in [1.82, 2.24) is 4.98 Å². The zero-order valence-electron chi connectivity index (χ0n) is 8.34. The second-order valence-electron chi connectivity index (χ2n) is 3.30. The Morgan fingerprint density at radius 3 is 2.46 bits per heavy atom. The molecular weight excluding hydrogens is 184 g/mol. The summed E-state index contributed by atoms with van der Waals surface area (Å²) in [4.78, 5) is 16.7. The maximum absolute atomic E-state index is 11.3. The smallest absolute Gasteiger partial charge is 0.228 e. The largest absolute Gasteiger partial charge is 0.302 e. The molecule has 1 rings (SSSR count). The number of nitrogens with one attached hydrogen (secondary N) is 1. The third kappa shape index (κ3) is 2.52. The van der Waals surface area contributed by atoms with Crippen molar-refractivity contribution in [2.45, 2.75) is 27.7 Å². The lowest BCUT2D eigenvalue weighted by Crippen LogP contribution is -2.17. The van der Waals surface area contributed by atoms with Gasteiger partial charge in [0.15, 0.2) is 5.13 Å². The fraction of sp³-hybridized carbons (Fsp3) is 0.556. The fourth-order valence-corrected chi connectivity index (χ4v) is 1.59. The van der Waals surface area contributed by atoms with Crippen LogP contribution in [0.5, 0.6) is 0 Å². The van der Waals surface area contributed by atoms with Crippen LogP contribution in [0.4, 0.5) is 5.13 Å². The second-order valence-corrected chi connectivity index (χ2v) is 4.51. The summed E-state index contributed by atoms with van der Waals surface area (Å²) < 4.78 is 0. The van der Waals surface area contributed by atoms with Gasteiger partial charge in [-0.2, -0.15) is 0 Å². The quantitative estimate of drug-likeness (QED) is 0.792. The van der Waals surface area contributed by atoms with Gasteiger partial charge in [-0.3, -0.25) is 4.79 Å². The number of thiazole rings is 1. The third-order valence-corrected chi connectivity index (χ3v) is 2.77. The van der Waals surface area contributed by atoms with Gasteiger partial charge in [-0.15, -0.1) is 11.3 Å². The van der Waals surface area contributed by atoms with Crippen molar-refractivity contribution in [2.24, 2.45) is 5.92 Å². The Hall–Kier alpha value is -0.900. The predicted octanol–water partition coefficient (Wildman–Crippen LogP) is 2.35. The highest BCUT2D eigenvalue weighted by atomic mass is 32.1. The lowest BCUT2D eigenvalue weighted by molar-refractivity contribution is -0.118. The predicted molar refractivity (Wildman–Crippen MR) is 55.1 cm³/mol. The van der Waals surface area contributed by atoms with Crippen LogP contribution in [0.2, 0.25) is 0 Å². The molecule has 13 heavy (non-hydrogen) atoms. The minimum absolute atomic E-state index is 0.00418. The summed E-state index contributed by atoms with van der Waals surface area (Å²) in [6.45, 7) is 7.67. The molecule has 0 fully saturated rings. The second kappa shape index (κ2) is 3.87. The highest BCUT2D eigenvalue weighted by molar-refractivity contribution is 7.15. The molecule has 1 amide bonds. The Kier molecular flexibility index (Phi) is 3.03. The van der Waals surface area contributed by atoms with E-state index in [0.717, 1.165) is 10.6 Å². The molecule has 1 aromatic heterocycles. The number of aryl methyl sites for hydroxylation is 2. The van der Waals surface area contributed by atoms with Gasteiger partial charge in [-0.1, -0.05) is 13.8 Å². The van der Waals surface area contributed by atoms with Gasteiger partial charge in [0.1, 0.15) is 0 Å². The molecule has 0 radical (unpaired) electrons. The van der Waals surface area contributed by atoms with Crippen molar-refractivity contribution in [3.8, 4) is 0 Å². The molecule has 0 aromatic carbocycles. The van der Waals surface area contributed by atoms with E-state index in [4.69, 9.17) is 0 Å². The van der Waals surface area contributed by atoms with Crippen molar-refractivity contribution in [3.05, 3.63) is 10.6 Å². The van der Waals surface area contributed by atoms with E-state index in [1.165, 1.54) is 11.3 Å². The summed E-state index contributed by atoms with van der Waals surface area (Å²) in [5, 5.41) is 3.47. The van der Waals surface area contributed by atoms with E-state index in [2.05, 4.69) is 10.3 Å². The number of rotatable bonds is 2. The molecular formula is C9H14N2OS. The molecule has 0 spiro atoms. The molecule has 0 aliphatic rings. The molecule has 0 bridgehead atoms. The van der Waals surface area contributed by atoms with Crippen LogP contribution >= 0.6 is 11.3 Å². The zero-order chi connectivity index (χ0) is 10.0. The molecule has 0 unspecified atom stereocenters. The first-order valence-electron chi connectivity index (χ1n) is 4.25. The van der Waals surface area contributed by atoms with Gasteiger partial charge in [0.2, 0.25) is 5.91 Å². The number of carbonyl (C=O) groups is 1. The first-order valence-corrected chi connectivity index (χ1v) is 5.07. The molecule has 1 aromatic rings. The summed E-state index contributed by atoms with van der Waals surface area (Å²) in [6.07, 6.45) is 0. The van der Waals surface area contributed by atoms with Crippen LogP contribution in [0.1, 0.15) is 24.4 Å². The number of amides is 1. The molecule has 0 saturated heterocycles. The third-order valence-electron chi connectivity index (χ3n) is 1.78. The van der Waals surface area contributed by atoms with E-state index in [1.54, 1.807) is 0 Å². The van der Waals surface area contributed by atoms with Crippen molar-refractivity contribution < 1.29 is 4.79 Å². The summed E-state index contributed by atoms with van der Waals surface area (Å²) in [6, 6.07) is 0. The van der Waals surface area contributed by atoms with Crippen molar-refractivity contribution in [2.75, 3.05) is 5.32 Å². The van der Waals surface area contributed by atoms with Crippen molar-refractivity contribution in [1.29, 1.82) is 0 Å². The average Bonchev–Trinajstić information content (AvgIpc) is 2.31. The molecule has 3 nitrogen and oxygen atoms in total. The van der Waals surface area contributed by atoms with Gasteiger partial charge in [0.05, 0.1) is 5.69 Å². The maximum Gasteiger partial charge on any atom is 0.228 e. The fourth-order valence-electron chi connectivity index (χ4n) is 0.776. The molecule has 0 atom stereocenters. The number of carbonyl (C=O) groups excluding carboxylic acids is 1. The van der Waals surface area contributed by atoms with E-state index in [-0.39, 0.29) is 11.8 Å². The monoisotopic (exact) mass is 198 g/mol. The molecule has 0 saturated carbocycles. The van der Waals surface area contributed by atoms with Crippen LogP contribution < -0.4 is 5.32 Å². The van der Waals surface area contributed by atoms with Crippen LogP contribution in [-0.2, 0) is 4.79 Å². The van der Waals surface area contributed by atoms with Crippen molar-refractivity contribution in [3.63, 3.8) is 0 Å². The maximum atomic E-state index is 11.3. The van der Waals surface area contributed by atoms with Crippen LogP contribution in [0, 0.1) is 19.8 Å². The van der Waals surface area contributed by atoms with E-state index in [1.807, 2.05) is 27.7 Å². The number of hydrogen-bond donors (Lipinski definition) is 1. The molecule has 1 heterocycles. The Bertz CT molecular complexity index is 298. The summed E-state index contributed by atoms with van der Waals surface area (Å²) in [5.41, 5.74) is 0.990. The van der Waals surface area contributed by atoms with Gasteiger partial charge >= 0.3 is 0 Å². The molecule has 0 aliphatic heterocycles. The lowest BCUT2D eigenvalue weighted by Gasteiger charge is -2.02. The number of nitrogens with zero attached hydrogens (tertiary/aromatic N) is 1. The number of anilines is 1. The number of hydrogen-bond acceptors (Lipinski definition) is 3. The molecule has 72 valence electrons. The first kappa shape index (κ1) is 10.2. The van der Waals surface area contributed by atoms with E-state index in [0.29, 0.717) is 5.13 Å². The normalized spacial score (nSPS) is 10.5. The van der Waals surface area contributed by atoms with Gasteiger partial charge in [-0.25, -0.2) is 4.98 Å². The Labute approximate surface area is 82.2 Å². The summed E-state index contributed by atoms with van der Waals surface area (Å²) in [5.74, 6) is 0.0262. The Morgan fingerprint density at radius 2 is 2.08 bits per heavy atom. The van der Waals surface area contributed by atoms with Crippen LogP contribution in [0.3, 0.4) is 0 Å². The lowest BCUT2D eigenvalue weighted by atomic mass is 10.2. The number of aromatic nitrogens is 1. The van der Waals surface area contributed by atoms with E-state index in [9.17, 15) is 4.79 Å². The van der Waals surface area contributed by atoms with Crippen LogP contribution in [0.15, 0.2) is 0 Å².